The molecular weight excluding hydrogens is 386 g/mol. The number of hydrogen-bond acceptors (Lipinski definition) is 8. The average Bonchev–Trinajstić information content (AvgIpc) is 3.11. The number of pyridine rings is 1. The Balaban J connectivity index is 1.57. The lowest BCUT2D eigenvalue weighted by Gasteiger charge is -2.16. The van der Waals surface area contributed by atoms with E-state index in [-0.39, 0.29) is 36.7 Å². The van der Waals surface area contributed by atoms with Crippen molar-refractivity contribution in [3.05, 3.63) is 36.5 Å². The van der Waals surface area contributed by atoms with Gasteiger partial charge in [-0.1, -0.05) is 0 Å². The lowest BCUT2D eigenvalue weighted by atomic mass is 10.3. The number of hydrogen-bond donors (Lipinski definition) is 3. The molecule has 0 bridgehead atoms. The molecule has 1 aromatic heterocycles. The van der Waals surface area contributed by atoms with E-state index in [0.717, 1.165) is 0 Å². The van der Waals surface area contributed by atoms with E-state index in [9.17, 15) is 13.5 Å². The highest BCUT2D eigenvalue weighted by Crippen LogP contribution is 2.35. The minimum atomic E-state index is -3.71. The first-order valence-corrected chi connectivity index (χ1v) is 10.2. The smallest absolute Gasteiger partial charge is 0.244 e. The van der Waals surface area contributed by atoms with Crippen molar-refractivity contribution >= 4 is 15.8 Å². The fourth-order valence-electron chi connectivity index (χ4n) is 2.55. The van der Waals surface area contributed by atoms with E-state index in [0.29, 0.717) is 17.2 Å². The van der Waals surface area contributed by atoms with Crippen LogP contribution in [0.2, 0.25) is 0 Å². The van der Waals surface area contributed by atoms with Gasteiger partial charge in [0.05, 0.1) is 0 Å². The topological polar surface area (TPSA) is 119 Å². The molecule has 0 spiro atoms. The van der Waals surface area contributed by atoms with Gasteiger partial charge in [0.1, 0.15) is 29.2 Å². The average molecular weight is 409 g/mol. The normalized spacial score (nSPS) is 14.1. The van der Waals surface area contributed by atoms with Gasteiger partial charge in [-0.15, -0.1) is 0 Å². The molecule has 1 unspecified atom stereocenters. The van der Waals surface area contributed by atoms with Crippen molar-refractivity contribution in [1.82, 2.24) is 9.71 Å². The molecule has 0 saturated carbocycles. The molecule has 152 valence electrons. The third-order valence-electron chi connectivity index (χ3n) is 3.74. The zero-order valence-corrected chi connectivity index (χ0v) is 16.4. The number of rotatable bonds is 9. The van der Waals surface area contributed by atoms with Crippen LogP contribution in [0.5, 0.6) is 17.2 Å². The number of anilines is 1. The molecule has 0 aliphatic carbocycles. The highest BCUT2D eigenvalue weighted by atomic mass is 32.2. The predicted octanol–water partition coefficient (Wildman–Crippen LogP) is 1.35. The number of ether oxygens (including phenoxy) is 3. The van der Waals surface area contributed by atoms with Crippen LogP contribution in [-0.2, 0) is 10.0 Å². The van der Waals surface area contributed by atoms with E-state index in [1.54, 1.807) is 38.1 Å². The summed E-state index contributed by atoms with van der Waals surface area (Å²) < 4.78 is 43.4. The van der Waals surface area contributed by atoms with Gasteiger partial charge >= 0.3 is 0 Å². The molecule has 10 heteroatoms. The lowest BCUT2D eigenvalue weighted by Crippen LogP contribution is -2.32. The summed E-state index contributed by atoms with van der Waals surface area (Å²) in [5.74, 6) is 1.93. The summed E-state index contributed by atoms with van der Waals surface area (Å²) in [5.41, 5.74) is 0. The molecule has 0 radical (unpaired) electrons. The summed E-state index contributed by atoms with van der Waals surface area (Å²) in [6.45, 7) is 3.71. The van der Waals surface area contributed by atoms with E-state index in [1.165, 1.54) is 12.3 Å². The third-order valence-corrected chi connectivity index (χ3v) is 5.43. The maximum Gasteiger partial charge on any atom is 0.244 e. The van der Waals surface area contributed by atoms with E-state index < -0.39 is 16.1 Å². The molecule has 1 aliphatic heterocycles. The van der Waals surface area contributed by atoms with E-state index in [2.05, 4.69) is 15.0 Å². The summed E-state index contributed by atoms with van der Waals surface area (Å²) in [4.78, 5) is 4.09. The van der Waals surface area contributed by atoms with Crippen molar-refractivity contribution in [3.8, 4) is 17.2 Å². The molecule has 2 heterocycles. The molecular formula is C18H23N3O6S. The van der Waals surface area contributed by atoms with Crippen LogP contribution in [0, 0.1) is 0 Å². The Bertz CT molecular complexity index is 919. The fourth-order valence-corrected chi connectivity index (χ4v) is 3.93. The molecule has 0 amide bonds. The maximum absolute atomic E-state index is 12.4. The molecule has 3 rings (SSSR count). The monoisotopic (exact) mass is 409 g/mol. The quantitative estimate of drug-likeness (QED) is 0.568. The van der Waals surface area contributed by atoms with Crippen molar-refractivity contribution in [1.29, 1.82) is 0 Å². The van der Waals surface area contributed by atoms with Gasteiger partial charge in [0, 0.05) is 24.8 Å². The first kappa shape index (κ1) is 20.2. The van der Waals surface area contributed by atoms with Crippen molar-refractivity contribution in [2.24, 2.45) is 0 Å². The van der Waals surface area contributed by atoms with E-state index >= 15 is 0 Å². The Labute approximate surface area is 163 Å². The summed E-state index contributed by atoms with van der Waals surface area (Å²) >= 11 is 0. The first-order valence-electron chi connectivity index (χ1n) is 8.77. The number of aromatic nitrogens is 1. The second kappa shape index (κ2) is 8.63. The number of benzene rings is 1. The third kappa shape index (κ3) is 5.03. The van der Waals surface area contributed by atoms with Gasteiger partial charge in [-0.2, -0.15) is 0 Å². The van der Waals surface area contributed by atoms with Gasteiger partial charge in [-0.05, 0) is 38.1 Å². The van der Waals surface area contributed by atoms with Crippen LogP contribution in [-0.4, -0.2) is 50.6 Å². The SMILES string of the molecule is CC(C)NS(=O)(=O)c1cccnc1NCC(O)COc1ccc2c(c1)OCO2. The minimum absolute atomic E-state index is 0.00576. The number of fused-ring (bicyclic) bond motifs is 1. The Hall–Kier alpha value is -2.56. The largest absolute Gasteiger partial charge is 0.491 e. The summed E-state index contributed by atoms with van der Waals surface area (Å²) in [6.07, 6.45) is 0.590. The highest BCUT2D eigenvalue weighted by molar-refractivity contribution is 7.89. The van der Waals surface area contributed by atoms with Gasteiger partial charge in [0.2, 0.25) is 16.8 Å². The van der Waals surface area contributed by atoms with Gasteiger partial charge < -0.3 is 24.6 Å². The lowest BCUT2D eigenvalue weighted by molar-refractivity contribution is 0.117. The number of aliphatic hydroxyl groups excluding tert-OH is 1. The maximum atomic E-state index is 12.4. The molecule has 0 fully saturated rings. The van der Waals surface area contributed by atoms with Crippen LogP contribution in [0.15, 0.2) is 41.4 Å². The van der Waals surface area contributed by atoms with Crippen molar-refractivity contribution in [3.63, 3.8) is 0 Å². The molecule has 2 aromatic rings. The van der Waals surface area contributed by atoms with E-state index in [4.69, 9.17) is 14.2 Å². The number of nitrogens with zero attached hydrogens (tertiary/aromatic N) is 1. The summed E-state index contributed by atoms with van der Waals surface area (Å²) in [7, 11) is -3.71. The molecule has 9 nitrogen and oxygen atoms in total. The predicted molar refractivity (Wildman–Crippen MR) is 102 cm³/mol. The zero-order chi connectivity index (χ0) is 20.1. The number of nitrogens with one attached hydrogen (secondary N) is 2. The van der Waals surface area contributed by atoms with Crippen LogP contribution >= 0.6 is 0 Å². The van der Waals surface area contributed by atoms with Gasteiger partial charge in [0.25, 0.3) is 0 Å². The molecule has 1 aliphatic rings. The highest BCUT2D eigenvalue weighted by Gasteiger charge is 2.21. The first-order chi connectivity index (χ1) is 13.3. The molecule has 28 heavy (non-hydrogen) atoms. The number of sulfonamides is 1. The standard InChI is InChI=1S/C18H23N3O6S/c1-12(2)21-28(23,24)17-4-3-7-19-18(17)20-9-13(22)10-25-14-5-6-15-16(8-14)27-11-26-15/h3-8,12-13,21-22H,9-11H2,1-2H3,(H,19,20). The molecule has 0 saturated heterocycles. The van der Waals surface area contributed by atoms with Crippen LogP contribution < -0.4 is 24.2 Å². The van der Waals surface area contributed by atoms with Crippen LogP contribution in [0.3, 0.4) is 0 Å². The second-order valence-corrected chi connectivity index (χ2v) is 8.17. The van der Waals surface area contributed by atoms with Crippen molar-refractivity contribution in [2.75, 3.05) is 25.3 Å². The molecule has 1 aromatic carbocycles. The van der Waals surface area contributed by atoms with Gasteiger partial charge in [-0.25, -0.2) is 18.1 Å². The minimum Gasteiger partial charge on any atom is -0.491 e. The Morgan fingerprint density at radius 1 is 1.25 bits per heavy atom. The Morgan fingerprint density at radius 2 is 2.04 bits per heavy atom. The van der Waals surface area contributed by atoms with Gasteiger partial charge in [0.15, 0.2) is 11.5 Å². The van der Waals surface area contributed by atoms with Crippen molar-refractivity contribution in [2.45, 2.75) is 30.9 Å². The molecule has 1 atom stereocenters. The molecule has 3 N–H and O–H groups in total. The Kier molecular flexibility index (Phi) is 6.22. The summed E-state index contributed by atoms with van der Waals surface area (Å²) in [5, 5.41) is 13.0. The van der Waals surface area contributed by atoms with Gasteiger partial charge in [-0.3, -0.25) is 0 Å². The zero-order valence-electron chi connectivity index (χ0n) is 15.6. The Morgan fingerprint density at radius 3 is 2.82 bits per heavy atom. The van der Waals surface area contributed by atoms with Crippen LogP contribution in [0.4, 0.5) is 5.82 Å². The van der Waals surface area contributed by atoms with Crippen molar-refractivity contribution < 1.29 is 27.7 Å². The van der Waals surface area contributed by atoms with E-state index in [1.807, 2.05) is 0 Å². The number of aliphatic hydroxyl groups is 1. The second-order valence-electron chi connectivity index (χ2n) is 6.49. The van der Waals surface area contributed by atoms with Crippen LogP contribution in [0.25, 0.3) is 0 Å². The van der Waals surface area contributed by atoms with Crippen LogP contribution in [0.1, 0.15) is 13.8 Å². The fraction of sp³-hybridized carbons (Fsp3) is 0.389. The summed E-state index contributed by atoms with van der Waals surface area (Å²) in [6, 6.07) is 7.88.